The van der Waals surface area contributed by atoms with Crippen LogP contribution in [0.3, 0.4) is 0 Å². The van der Waals surface area contributed by atoms with Crippen molar-refractivity contribution in [1.29, 1.82) is 0 Å². The van der Waals surface area contributed by atoms with E-state index in [-0.39, 0.29) is 18.1 Å². The van der Waals surface area contributed by atoms with Gasteiger partial charge in [-0.15, -0.1) is 0 Å². The molecular weight excluding hydrogens is 474 g/mol. The van der Waals surface area contributed by atoms with Crippen molar-refractivity contribution in [1.82, 2.24) is 9.88 Å². The van der Waals surface area contributed by atoms with E-state index in [9.17, 15) is 9.59 Å². The maximum absolute atomic E-state index is 13.3. The lowest BCUT2D eigenvalue weighted by atomic mass is 9.88. The van der Waals surface area contributed by atoms with Crippen LogP contribution in [0.25, 0.3) is 10.8 Å². The molecule has 4 rings (SSSR count). The number of nitrogens with two attached hydrogens (primary N) is 1. The van der Waals surface area contributed by atoms with Gasteiger partial charge < -0.3 is 29.6 Å². The molecule has 1 unspecified atom stereocenters. The molecule has 9 heteroatoms. The van der Waals surface area contributed by atoms with Crippen molar-refractivity contribution in [2.24, 2.45) is 5.73 Å². The van der Waals surface area contributed by atoms with E-state index >= 15 is 0 Å². The van der Waals surface area contributed by atoms with Crippen molar-refractivity contribution in [2.75, 3.05) is 41.5 Å². The van der Waals surface area contributed by atoms with Crippen molar-refractivity contribution < 1.29 is 28.5 Å². The van der Waals surface area contributed by atoms with Gasteiger partial charge in [0.25, 0.3) is 5.91 Å². The monoisotopic (exact) mass is 507 g/mol. The summed E-state index contributed by atoms with van der Waals surface area (Å²) >= 11 is 0. The molecule has 1 aliphatic rings. The van der Waals surface area contributed by atoms with Crippen LogP contribution in [0.15, 0.2) is 36.7 Å². The van der Waals surface area contributed by atoms with Gasteiger partial charge in [-0.1, -0.05) is 0 Å². The van der Waals surface area contributed by atoms with Crippen LogP contribution in [-0.2, 0) is 17.6 Å². The molecule has 0 fully saturated rings. The minimum absolute atomic E-state index is 0.107. The zero-order chi connectivity index (χ0) is 26.7. The zero-order valence-electron chi connectivity index (χ0n) is 21.9. The molecule has 0 radical (unpaired) electrons. The number of ketones is 1. The Labute approximate surface area is 216 Å². The SMILES string of the molecule is COc1cc2c(cc1OC)C(=O)N(CCC(C)(N)C(=O)Cc1cncc3cc(OC)c(OC)cc13)CC2. The van der Waals surface area contributed by atoms with E-state index in [1.807, 2.05) is 18.2 Å². The molecule has 196 valence electrons. The van der Waals surface area contributed by atoms with Crippen LogP contribution < -0.4 is 24.7 Å². The molecule has 0 spiro atoms. The van der Waals surface area contributed by atoms with E-state index in [0.717, 1.165) is 21.9 Å². The van der Waals surface area contributed by atoms with Crippen LogP contribution in [0.5, 0.6) is 23.0 Å². The van der Waals surface area contributed by atoms with Gasteiger partial charge in [0.15, 0.2) is 28.8 Å². The quantitative estimate of drug-likeness (QED) is 0.445. The molecule has 0 saturated carbocycles. The number of fused-ring (bicyclic) bond motifs is 2. The minimum Gasteiger partial charge on any atom is -0.493 e. The number of methoxy groups -OCH3 is 4. The Kier molecular flexibility index (Phi) is 7.54. The molecule has 1 atom stereocenters. The minimum atomic E-state index is -1.13. The fourth-order valence-electron chi connectivity index (χ4n) is 4.65. The molecule has 0 aliphatic carbocycles. The standard InChI is InChI=1S/C28H33N3O6/c1-28(29,7-9-31-8-6-17-10-22(34-2)25(37-5)14-21(17)27(31)33)26(32)12-19-16-30-15-18-11-23(35-3)24(36-4)13-20(18)19/h10-11,13-16H,6-9,12,29H2,1-5H3. The summed E-state index contributed by atoms with van der Waals surface area (Å²) in [6, 6.07) is 7.25. The Morgan fingerprint density at radius 3 is 2.27 bits per heavy atom. The number of benzene rings is 2. The average Bonchev–Trinajstić information content (AvgIpc) is 2.91. The normalized spacial score (nSPS) is 14.6. The van der Waals surface area contributed by atoms with E-state index in [0.29, 0.717) is 54.5 Å². The number of Topliss-reactive ketones (excluding diaryl/α,β-unsaturated/α-hetero) is 1. The first-order chi connectivity index (χ1) is 17.7. The molecule has 2 aromatic carbocycles. The fourth-order valence-corrected chi connectivity index (χ4v) is 4.65. The number of amides is 1. The van der Waals surface area contributed by atoms with Crippen LogP contribution in [0, 0.1) is 0 Å². The van der Waals surface area contributed by atoms with Crippen LogP contribution >= 0.6 is 0 Å². The molecule has 2 heterocycles. The highest BCUT2D eigenvalue weighted by Crippen LogP contribution is 2.35. The number of carbonyl (C=O) groups is 2. The maximum Gasteiger partial charge on any atom is 0.254 e. The van der Waals surface area contributed by atoms with Crippen LogP contribution in [0.2, 0.25) is 0 Å². The van der Waals surface area contributed by atoms with Crippen molar-refractivity contribution in [3.63, 3.8) is 0 Å². The highest BCUT2D eigenvalue weighted by molar-refractivity contribution is 5.98. The summed E-state index contributed by atoms with van der Waals surface area (Å²) in [4.78, 5) is 32.5. The molecular formula is C28H33N3O6. The van der Waals surface area contributed by atoms with Crippen molar-refractivity contribution in [2.45, 2.75) is 31.7 Å². The van der Waals surface area contributed by atoms with Crippen molar-refractivity contribution in [3.8, 4) is 23.0 Å². The molecule has 1 aliphatic heterocycles. The predicted molar refractivity (Wildman–Crippen MR) is 140 cm³/mol. The number of hydrogen-bond donors (Lipinski definition) is 1. The van der Waals surface area contributed by atoms with E-state index in [1.54, 1.807) is 58.7 Å². The Bertz CT molecular complexity index is 1340. The number of carbonyl (C=O) groups excluding carboxylic acids is 2. The summed E-state index contributed by atoms with van der Waals surface area (Å²) < 4.78 is 21.5. The Hall–Kier alpha value is -3.85. The van der Waals surface area contributed by atoms with Crippen molar-refractivity contribution >= 4 is 22.5 Å². The summed E-state index contributed by atoms with van der Waals surface area (Å²) in [6.07, 6.45) is 4.52. The number of nitrogens with zero attached hydrogens (tertiary/aromatic N) is 2. The van der Waals surface area contributed by atoms with Crippen LogP contribution in [-0.4, -0.2) is 68.6 Å². The Balaban J connectivity index is 1.48. The number of pyridine rings is 1. The first-order valence-corrected chi connectivity index (χ1v) is 12.1. The average molecular weight is 508 g/mol. The molecule has 0 saturated heterocycles. The van der Waals surface area contributed by atoms with Gasteiger partial charge in [0, 0.05) is 42.9 Å². The van der Waals surface area contributed by atoms with Gasteiger partial charge in [-0.05, 0) is 60.5 Å². The number of hydrogen-bond acceptors (Lipinski definition) is 8. The molecule has 2 N–H and O–H groups in total. The summed E-state index contributed by atoms with van der Waals surface area (Å²) in [5, 5.41) is 1.69. The van der Waals surface area contributed by atoms with Gasteiger partial charge >= 0.3 is 0 Å². The van der Waals surface area contributed by atoms with Gasteiger partial charge in [0.05, 0.1) is 34.0 Å². The molecule has 0 bridgehead atoms. The van der Waals surface area contributed by atoms with Crippen LogP contribution in [0.4, 0.5) is 0 Å². The second kappa shape index (κ2) is 10.6. The number of aromatic nitrogens is 1. The van der Waals surface area contributed by atoms with E-state index < -0.39 is 5.54 Å². The summed E-state index contributed by atoms with van der Waals surface area (Å²) in [5.41, 5.74) is 7.63. The Morgan fingerprint density at radius 2 is 1.59 bits per heavy atom. The molecule has 1 amide bonds. The first kappa shape index (κ1) is 26.2. The largest absolute Gasteiger partial charge is 0.493 e. The van der Waals surface area contributed by atoms with Gasteiger partial charge in [-0.2, -0.15) is 0 Å². The second-order valence-electron chi connectivity index (χ2n) is 9.40. The molecule has 1 aromatic heterocycles. The van der Waals surface area contributed by atoms with E-state index in [2.05, 4.69) is 4.98 Å². The molecule has 37 heavy (non-hydrogen) atoms. The third-order valence-electron chi connectivity index (χ3n) is 7.01. The van der Waals surface area contributed by atoms with E-state index in [4.69, 9.17) is 24.7 Å². The lowest BCUT2D eigenvalue weighted by molar-refractivity contribution is -0.123. The highest BCUT2D eigenvalue weighted by atomic mass is 16.5. The third kappa shape index (κ3) is 5.17. The van der Waals surface area contributed by atoms with Crippen molar-refractivity contribution in [3.05, 3.63) is 53.3 Å². The summed E-state index contributed by atoms with van der Waals surface area (Å²) in [5.74, 6) is 2.03. The van der Waals surface area contributed by atoms with Gasteiger partial charge in [-0.25, -0.2) is 0 Å². The first-order valence-electron chi connectivity index (χ1n) is 12.1. The fraction of sp³-hybridized carbons (Fsp3) is 0.393. The van der Waals surface area contributed by atoms with Gasteiger partial charge in [0.1, 0.15) is 0 Å². The third-order valence-corrected chi connectivity index (χ3v) is 7.01. The van der Waals surface area contributed by atoms with Gasteiger partial charge in [0.2, 0.25) is 0 Å². The number of ether oxygens (including phenoxy) is 4. The lowest BCUT2D eigenvalue weighted by Gasteiger charge is -2.32. The summed E-state index contributed by atoms with van der Waals surface area (Å²) in [6.45, 7) is 2.62. The van der Waals surface area contributed by atoms with Crippen LogP contribution in [0.1, 0.15) is 34.8 Å². The predicted octanol–water partition coefficient (Wildman–Crippen LogP) is 3.19. The summed E-state index contributed by atoms with van der Waals surface area (Å²) in [7, 11) is 6.25. The topological polar surface area (TPSA) is 113 Å². The highest BCUT2D eigenvalue weighted by Gasteiger charge is 2.32. The lowest BCUT2D eigenvalue weighted by Crippen LogP contribution is -2.49. The smallest absolute Gasteiger partial charge is 0.254 e. The van der Waals surface area contributed by atoms with Gasteiger partial charge in [-0.3, -0.25) is 14.6 Å². The number of rotatable bonds is 10. The maximum atomic E-state index is 13.3. The molecule has 9 nitrogen and oxygen atoms in total. The van der Waals surface area contributed by atoms with E-state index in [1.165, 1.54) is 0 Å². The molecule has 3 aromatic rings. The zero-order valence-corrected chi connectivity index (χ0v) is 21.9. The second-order valence-corrected chi connectivity index (χ2v) is 9.40. The Morgan fingerprint density at radius 1 is 0.973 bits per heavy atom.